The van der Waals surface area contributed by atoms with E-state index < -0.39 is 11.7 Å². The molecule has 0 aliphatic heterocycles. The van der Waals surface area contributed by atoms with E-state index in [0.29, 0.717) is 17.9 Å². The van der Waals surface area contributed by atoms with Crippen LogP contribution in [0.4, 0.5) is 4.39 Å². The maximum Gasteiger partial charge on any atom is 0.274 e. The monoisotopic (exact) mass is 465 g/mol. The molecule has 0 heterocycles. The Bertz CT molecular complexity index is 1160. The molecule has 0 radical (unpaired) electrons. The van der Waals surface area contributed by atoms with Gasteiger partial charge < -0.3 is 4.74 Å². The first-order valence-electron chi connectivity index (χ1n) is 8.97. The lowest BCUT2D eigenvalue weighted by Crippen LogP contribution is -2.19. The Morgan fingerprint density at radius 1 is 1.23 bits per heavy atom. The number of benzene rings is 3. The maximum absolute atomic E-state index is 14.0. The average Bonchev–Trinajstić information content (AvgIpc) is 2.73. The number of hydrogen-bond donors (Lipinski definition) is 1. The number of nitriles is 1. The second-order valence-corrected chi connectivity index (χ2v) is 7.38. The average molecular weight is 466 g/mol. The second-order valence-electron chi connectivity index (χ2n) is 6.47. The molecule has 30 heavy (non-hydrogen) atoms. The molecule has 0 aliphatic rings. The number of carbonyl (C=O) groups is 1. The number of carbonyl (C=O) groups excluding carboxylic acids is 1. The third-order valence-corrected chi connectivity index (χ3v) is 4.65. The molecule has 1 N–H and O–H groups in total. The minimum absolute atomic E-state index is 0.136. The van der Waals surface area contributed by atoms with Crippen LogP contribution in [0, 0.1) is 24.1 Å². The fraction of sp³-hybridized carbons (Fsp3) is 0.0870. The summed E-state index contributed by atoms with van der Waals surface area (Å²) in [6.07, 6.45) is 1.43. The summed E-state index contributed by atoms with van der Waals surface area (Å²) in [5, 5.41) is 12.7. The zero-order valence-electron chi connectivity index (χ0n) is 16.0. The van der Waals surface area contributed by atoms with Gasteiger partial charge in [0.15, 0.2) is 0 Å². The first-order chi connectivity index (χ1) is 14.5. The predicted molar refractivity (Wildman–Crippen MR) is 116 cm³/mol. The van der Waals surface area contributed by atoms with E-state index in [1.165, 1.54) is 18.3 Å². The van der Waals surface area contributed by atoms with E-state index in [9.17, 15) is 9.18 Å². The van der Waals surface area contributed by atoms with Crippen LogP contribution in [0.15, 0.2) is 70.2 Å². The third-order valence-electron chi connectivity index (χ3n) is 4.16. The van der Waals surface area contributed by atoms with Gasteiger partial charge in [0.05, 0.1) is 23.4 Å². The Hall–Kier alpha value is -3.50. The molecule has 0 unspecified atom stereocenters. The van der Waals surface area contributed by atoms with E-state index in [1.807, 2.05) is 43.3 Å². The maximum atomic E-state index is 14.0. The van der Waals surface area contributed by atoms with Gasteiger partial charge in [0, 0.05) is 10.0 Å². The van der Waals surface area contributed by atoms with E-state index in [0.717, 1.165) is 21.7 Å². The van der Waals surface area contributed by atoms with E-state index in [-0.39, 0.29) is 11.1 Å². The Kier molecular flexibility index (Phi) is 6.94. The van der Waals surface area contributed by atoms with Gasteiger partial charge in [-0.15, -0.1) is 0 Å². The minimum atomic E-state index is -0.786. The third kappa shape index (κ3) is 5.52. The number of hydrazone groups is 1. The quantitative estimate of drug-likeness (QED) is 0.405. The number of ether oxygens (including phenoxy) is 1. The topological polar surface area (TPSA) is 74.5 Å². The van der Waals surface area contributed by atoms with Crippen LogP contribution in [-0.4, -0.2) is 12.1 Å². The molecule has 1 amide bonds. The van der Waals surface area contributed by atoms with Crippen LogP contribution in [0.3, 0.4) is 0 Å². The Morgan fingerprint density at radius 2 is 2.07 bits per heavy atom. The van der Waals surface area contributed by atoms with E-state index >= 15 is 0 Å². The molecule has 5 nitrogen and oxygen atoms in total. The fourth-order valence-corrected chi connectivity index (χ4v) is 3.08. The first kappa shape index (κ1) is 21.2. The number of nitrogens with one attached hydrogen (secondary N) is 1. The molecule has 0 spiro atoms. The summed E-state index contributed by atoms with van der Waals surface area (Å²) in [5.74, 6) is -0.917. The van der Waals surface area contributed by atoms with Gasteiger partial charge in [0.2, 0.25) is 0 Å². The summed E-state index contributed by atoms with van der Waals surface area (Å²) in [7, 11) is 0. The summed E-state index contributed by atoms with van der Waals surface area (Å²) in [6.45, 7) is 2.40. The van der Waals surface area contributed by atoms with Crippen LogP contribution in [0.5, 0.6) is 5.75 Å². The lowest BCUT2D eigenvalue weighted by atomic mass is 10.1. The van der Waals surface area contributed by atoms with Crippen LogP contribution in [-0.2, 0) is 6.61 Å². The van der Waals surface area contributed by atoms with Crippen molar-refractivity contribution >= 4 is 28.1 Å². The normalized spacial score (nSPS) is 10.6. The van der Waals surface area contributed by atoms with Gasteiger partial charge in [-0.05, 0) is 48.9 Å². The van der Waals surface area contributed by atoms with Crippen molar-refractivity contribution in [3.8, 4) is 11.8 Å². The van der Waals surface area contributed by atoms with Crippen molar-refractivity contribution in [2.75, 3.05) is 0 Å². The first-order valence-corrected chi connectivity index (χ1v) is 9.76. The SMILES string of the molecule is Cc1cccc(COc2ccc(Br)cc2/C=N\NC(=O)c2ccc(C#N)cc2F)c1. The molecule has 150 valence electrons. The summed E-state index contributed by atoms with van der Waals surface area (Å²) in [6, 6.07) is 18.9. The number of aryl methyl sites for hydroxylation is 1. The lowest BCUT2D eigenvalue weighted by molar-refractivity contribution is 0.0951. The van der Waals surface area contributed by atoms with Crippen LogP contribution in [0.1, 0.15) is 32.6 Å². The lowest BCUT2D eigenvalue weighted by Gasteiger charge is -2.10. The number of halogens is 2. The molecular formula is C23H17BrFN3O2. The zero-order valence-corrected chi connectivity index (χ0v) is 17.6. The molecule has 0 aliphatic carbocycles. The van der Waals surface area contributed by atoms with Gasteiger partial charge in [-0.1, -0.05) is 45.8 Å². The largest absolute Gasteiger partial charge is 0.488 e. The van der Waals surface area contributed by atoms with Crippen molar-refractivity contribution in [1.82, 2.24) is 5.43 Å². The molecule has 0 fully saturated rings. The van der Waals surface area contributed by atoms with Gasteiger partial charge in [0.1, 0.15) is 18.2 Å². The van der Waals surface area contributed by atoms with Crippen LogP contribution < -0.4 is 10.2 Å². The van der Waals surface area contributed by atoms with Crippen molar-refractivity contribution in [3.63, 3.8) is 0 Å². The highest BCUT2D eigenvalue weighted by atomic mass is 79.9. The molecule has 0 bridgehead atoms. The molecule has 0 atom stereocenters. The molecule has 3 aromatic carbocycles. The minimum Gasteiger partial charge on any atom is -0.488 e. The fourth-order valence-electron chi connectivity index (χ4n) is 2.70. The van der Waals surface area contributed by atoms with Crippen LogP contribution in [0.2, 0.25) is 0 Å². The summed E-state index contributed by atoms with van der Waals surface area (Å²) >= 11 is 3.40. The Balaban J connectivity index is 1.71. The smallest absolute Gasteiger partial charge is 0.274 e. The molecule has 7 heteroatoms. The van der Waals surface area contributed by atoms with Crippen molar-refractivity contribution in [1.29, 1.82) is 5.26 Å². The summed E-state index contributed by atoms with van der Waals surface area (Å²) < 4.78 is 20.7. The van der Waals surface area contributed by atoms with Gasteiger partial charge in [0.25, 0.3) is 5.91 Å². The van der Waals surface area contributed by atoms with E-state index in [2.05, 4.69) is 26.5 Å². The van der Waals surface area contributed by atoms with E-state index in [4.69, 9.17) is 10.00 Å². The highest BCUT2D eigenvalue weighted by Crippen LogP contribution is 2.23. The second kappa shape index (κ2) is 9.81. The molecule has 3 rings (SSSR count). The molecular weight excluding hydrogens is 449 g/mol. The van der Waals surface area contributed by atoms with Gasteiger partial charge in [-0.25, -0.2) is 9.82 Å². The number of amides is 1. The van der Waals surface area contributed by atoms with Gasteiger partial charge >= 0.3 is 0 Å². The molecule has 0 saturated carbocycles. The highest BCUT2D eigenvalue weighted by Gasteiger charge is 2.11. The Morgan fingerprint density at radius 3 is 2.80 bits per heavy atom. The van der Waals surface area contributed by atoms with Crippen molar-refractivity contribution in [2.45, 2.75) is 13.5 Å². The summed E-state index contributed by atoms with van der Waals surface area (Å²) in [5.41, 5.74) is 5.04. The highest BCUT2D eigenvalue weighted by molar-refractivity contribution is 9.10. The molecule has 3 aromatic rings. The van der Waals surface area contributed by atoms with Crippen molar-refractivity contribution < 1.29 is 13.9 Å². The molecule has 0 saturated heterocycles. The summed E-state index contributed by atoms with van der Waals surface area (Å²) in [4.78, 5) is 12.2. The molecule has 0 aromatic heterocycles. The van der Waals surface area contributed by atoms with Gasteiger partial charge in [-0.3, -0.25) is 4.79 Å². The number of rotatable bonds is 6. The predicted octanol–water partition coefficient (Wildman–Crippen LogP) is 5.11. The number of nitrogens with zero attached hydrogens (tertiary/aromatic N) is 2. The standard InChI is InChI=1S/C23H17BrFN3O2/c1-15-3-2-4-17(9-15)14-30-22-8-6-19(24)11-18(22)13-27-28-23(29)20-7-5-16(12-26)10-21(20)25/h2-11,13H,14H2,1H3,(H,28,29)/b27-13-. The van der Waals surface area contributed by atoms with Crippen molar-refractivity contribution in [2.24, 2.45) is 5.10 Å². The van der Waals surface area contributed by atoms with Crippen LogP contribution >= 0.6 is 15.9 Å². The zero-order chi connectivity index (χ0) is 21.5. The van der Waals surface area contributed by atoms with E-state index in [1.54, 1.807) is 12.1 Å². The Labute approximate surface area is 181 Å². The van der Waals surface area contributed by atoms with Crippen molar-refractivity contribution in [3.05, 3.63) is 98.8 Å². The van der Waals surface area contributed by atoms with Crippen LogP contribution in [0.25, 0.3) is 0 Å². The number of hydrogen-bond acceptors (Lipinski definition) is 4. The van der Waals surface area contributed by atoms with Gasteiger partial charge in [-0.2, -0.15) is 10.4 Å².